The van der Waals surface area contributed by atoms with Crippen molar-refractivity contribution in [2.24, 2.45) is 0 Å². The largest absolute Gasteiger partial charge is 0.478 e. The number of carbonyl (C=O) groups is 1. The number of carboxylic acids is 1. The number of rotatable bonds is 5. The molecule has 2 rings (SSSR count). The minimum absolute atomic E-state index is 0.147. The normalized spacial score (nSPS) is 12.3. The first-order chi connectivity index (χ1) is 9.10. The topological polar surface area (TPSA) is 59.4 Å². The SMILES string of the molecule is COC(C)Cc1nc(-c2ccc(C(=O)O)cc2)cs1. The molecule has 19 heavy (non-hydrogen) atoms. The number of carboxylic acid groups (broad SMARTS) is 1. The average molecular weight is 277 g/mol. The maximum atomic E-state index is 10.8. The van der Waals surface area contributed by atoms with Crippen molar-refractivity contribution < 1.29 is 14.6 Å². The third-order valence-electron chi connectivity index (χ3n) is 2.84. The van der Waals surface area contributed by atoms with Gasteiger partial charge in [-0.05, 0) is 19.1 Å². The molecular formula is C14H15NO3S. The second kappa shape index (κ2) is 5.95. The van der Waals surface area contributed by atoms with Crippen LogP contribution < -0.4 is 0 Å². The smallest absolute Gasteiger partial charge is 0.335 e. The summed E-state index contributed by atoms with van der Waals surface area (Å²) in [5.74, 6) is -0.917. The standard InChI is InChI=1S/C14H15NO3S/c1-9(18-2)7-13-15-12(8-19-13)10-3-5-11(6-4-10)14(16)17/h3-6,8-9H,7H2,1-2H3,(H,16,17). The van der Waals surface area contributed by atoms with E-state index in [4.69, 9.17) is 9.84 Å². The molecular weight excluding hydrogens is 262 g/mol. The Labute approximate surface area is 115 Å². The predicted octanol–water partition coefficient (Wildman–Crippen LogP) is 3.09. The van der Waals surface area contributed by atoms with Gasteiger partial charge in [0.05, 0.1) is 22.4 Å². The lowest BCUT2D eigenvalue weighted by molar-refractivity contribution is 0.0697. The fraction of sp³-hybridized carbons (Fsp3) is 0.286. The first-order valence-corrected chi connectivity index (χ1v) is 6.79. The lowest BCUT2D eigenvalue weighted by Gasteiger charge is -2.05. The van der Waals surface area contributed by atoms with E-state index in [0.29, 0.717) is 0 Å². The minimum Gasteiger partial charge on any atom is -0.478 e. The number of aromatic nitrogens is 1. The van der Waals surface area contributed by atoms with Gasteiger partial charge in [0.2, 0.25) is 0 Å². The quantitative estimate of drug-likeness (QED) is 0.912. The molecule has 1 unspecified atom stereocenters. The summed E-state index contributed by atoms with van der Waals surface area (Å²) in [6.45, 7) is 2.00. The summed E-state index contributed by atoms with van der Waals surface area (Å²) in [5, 5.41) is 11.8. The molecule has 4 nitrogen and oxygen atoms in total. The van der Waals surface area contributed by atoms with Gasteiger partial charge in [-0.3, -0.25) is 0 Å². The monoisotopic (exact) mass is 277 g/mol. The zero-order valence-corrected chi connectivity index (χ0v) is 11.6. The Morgan fingerprint density at radius 2 is 2.11 bits per heavy atom. The van der Waals surface area contributed by atoms with Crippen LogP contribution in [-0.4, -0.2) is 29.3 Å². The molecule has 1 aromatic heterocycles. The summed E-state index contributed by atoms with van der Waals surface area (Å²) >= 11 is 1.59. The van der Waals surface area contributed by atoms with E-state index in [9.17, 15) is 4.79 Å². The van der Waals surface area contributed by atoms with Crippen LogP contribution in [-0.2, 0) is 11.2 Å². The Morgan fingerprint density at radius 1 is 1.42 bits per heavy atom. The van der Waals surface area contributed by atoms with Crippen molar-refractivity contribution in [1.82, 2.24) is 4.98 Å². The summed E-state index contributed by atoms with van der Waals surface area (Å²) in [7, 11) is 1.68. The molecule has 0 aliphatic heterocycles. The van der Waals surface area contributed by atoms with E-state index in [1.165, 1.54) is 0 Å². The maximum Gasteiger partial charge on any atom is 0.335 e. The van der Waals surface area contributed by atoms with Crippen LogP contribution in [0.2, 0.25) is 0 Å². The van der Waals surface area contributed by atoms with Crippen LogP contribution in [0.1, 0.15) is 22.3 Å². The number of hydrogen-bond donors (Lipinski definition) is 1. The molecule has 1 aromatic carbocycles. The molecule has 0 aliphatic carbocycles. The van der Waals surface area contributed by atoms with E-state index in [1.54, 1.807) is 42.7 Å². The summed E-state index contributed by atoms with van der Waals surface area (Å²) in [5.41, 5.74) is 2.09. The van der Waals surface area contributed by atoms with Crippen molar-refractivity contribution in [3.63, 3.8) is 0 Å². The van der Waals surface area contributed by atoms with Crippen LogP contribution >= 0.6 is 11.3 Å². The predicted molar refractivity (Wildman–Crippen MR) is 74.7 cm³/mol. The Hall–Kier alpha value is -1.72. The first-order valence-electron chi connectivity index (χ1n) is 5.91. The molecule has 0 spiro atoms. The van der Waals surface area contributed by atoms with Gasteiger partial charge >= 0.3 is 5.97 Å². The van der Waals surface area contributed by atoms with Crippen LogP contribution in [0.15, 0.2) is 29.6 Å². The summed E-state index contributed by atoms with van der Waals surface area (Å²) in [4.78, 5) is 15.3. The van der Waals surface area contributed by atoms with Gasteiger partial charge < -0.3 is 9.84 Å². The van der Waals surface area contributed by atoms with E-state index < -0.39 is 5.97 Å². The van der Waals surface area contributed by atoms with Gasteiger partial charge in [-0.25, -0.2) is 9.78 Å². The van der Waals surface area contributed by atoms with Crippen molar-refractivity contribution >= 4 is 17.3 Å². The molecule has 1 heterocycles. The van der Waals surface area contributed by atoms with Gasteiger partial charge in [-0.15, -0.1) is 11.3 Å². The van der Waals surface area contributed by atoms with Crippen LogP contribution in [0.4, 0.5) is 0 Å². The van der Waals surface area contributed by atoms with Gasteiger partial charge in [-0.1, -0.05) is 12.1 Å². The Bertz CT molecular complexity index is 562. The number of benzene rings is 1. The van der Waals surface area contributed by atoms with E-state index in [0.717, 1.165) is 22.7 Å². The van der Waals surface area contributed by atoms with Gasteiger partial charge in [0, 0.05) is 24.5 Å². The number of aromatic carboxylic acids is 1. The molecule has 5 heteroatoms. The number of thiazole rings is 1. The number of ether oxygens (including phenoxy) is 1. The highest BCUT2D eigenvalue weighted by molar-refractivity contribution is 7.09. The highest BCUT2D eigenvalue weighted by Gasteiger charge is 2.09. The second-order valence-electron chi connectivity index (χ2n) is 4.26. The van der Waals surface area contributed by atoms with Crippen molar-refractivity contribution in [3.8, 4) is 11.3 Å². The molecule has 100 valence electrons. The Morgan fingerprint density at radius 3 is 2.68 bits per heavy atom. The van der Waals surface area contributed by atoms with Crippen molar-refractivity contribution in [1.29, 1.82) is 0 Å². The fourth-order valence-electron chi connectivity index (χ4n) is 1.65. The third-order valence-corrected chi connectivity index (χ3v) is 3.71. The van der Waals surface area contributed by atoms with Crippen molar-refractivity contribution in [2.75, 3.05) is 7.11 Å². The molecule has 2 aromatic rings. The third kappa shape index (κ3) is 3.39. The van der Waals surface area contributed by atoms with Crippen LogP contribution in [0.3, 0.4) is 0 Å². The summed E-state index contributed by atoms with van der Waals surface area (Å²) in [6.07, 6.45) is 0.933. The van der Waals surface area contributed by atoms with Crippen LogP contribution in [0, 0.1) is 0 Å². The lowest BCUT2D eigenvalue weighted by atomic mass is 10.1. The Kier molecular flexibility index (Phi) is 4.29. The average Bonchev–Trinajstić information content (AvgIpc) is 2.87. The van der Waals surface area contributed by atoms with Crippen LogP contribution in [0.25, 0.3) is 11.3 Å². The highest BCUT2D eigenvalue weighted by Crippen LogP contribution is 2.23. The van der Waals surface area contributed by atoms with Crippen molar-refractivity contribution in [2.45, 2.75) is 19.4 Å². The Balaban J connectivity index is 2.16. The molecule has 0 aliphatic rings. The van der Waals surface area contributed by atoms with Gasteiger partial charge in [0.25, 0.3) is 0 Å². The minimum atomic E-state index is -0.917. The van der Waals surface area contributed by atoms with Gasteiger partial charge in [-0.2, -0.15) is 0 Å². The summed E-state index contributed by atoms with van der Waals surface area (Å²) in [6, 6.07) is 6.74. The first kappa shape index (κ1) is 13.7. The van der Waals surface area contributed by atoms with Gasteiger partial charge in [0.1, 0.15) is 0 Å². The van der Waals surface area contributed by atoms with Gasteiger partial charge in [0.15, 0.2) is 0 Å². The molecule has 0 amide bonds. The zero-order chi connectivity index (χ0) is 13.8. The van der Waals surface area contributed by atoms with Crippen LogP contribution in [0.5, 0.6) is 0 Å². The van der Waals surface area contributed by atoms with Crippen molar-refractivity contribution in [3.05, 3.63) is 40.2 Å². The molecule has 0 fully saturated rings. The van der Waals surface area contributed by atoms with E-state index >= 15 is 0 Å². The second-order valence-corrected chi connectivity index (χ2v) is 5.20. The molecule has 0 saturated heterocycles. The number of nitrogens with zero attached hydrogens (tertiary/aromatic N) is 1. The fourth-order valence-corrected chi connectivity index (χ4v) is 2.57. The van der Waals surface area contributed by atoms with E-state index in [-0.39, 0.29) is 11.7 Å². The highest BCUT2D eigenvalue weighted by atomic mass is 32.1. The summed E-state index contributed by atoms with van der Waals surface area (Å²) < 4.78 is 5.21. The molecule has 0 saturated carbocycles. The molecule has 1 atom stereocenters. The molecule has 0 radical (unpaired) electrons. The zero-order valence-electron chi connectivity index (χ0n) is 10.8. The number of hydrogen-bond acceptors (Lipinski definition) is 4. The maximum absolute atomic E-state index is 10.8. The molecule has 1 N–H and O–H groups in total. The van der Waals surface area contributed by atoms with E-state index in [2.05, 4.69) is 4.98 Å². The van der Waals surface area contributed by atoms with E-state index in [1.807, 2.05) is 12.3 Å². The molecule has 0 bridgehead atoms. The number of methoxy groups -OCH3 is 1. The lowest BCUT2D eigenvalue weighted by Crippen LogP contribution is -2.08.